The number of hydrogen-bond acceptors (Lipinski definition) is 8. The quantitative estimate of drug-likeness (QED) is 0.128. The van der Waals surface area contributed by atoms with E-state index < -0.39 is 74.2 Å². The number of carbonyl (C=O) groups excluding carboxylic acids is 4. The third-order valence-corrected chi connectivity index (χ3v) is 5.70. The summed E-state index contributed by atoms with van der Waals surface area (Å²) in [5.74, 6) is -4.31. The second kappa shape index (κ2) is 13.5. The standard InChI is InChI=1S/C19H34N5O10P/c1-4-6-12(22-15(25)10(2)20)16(26)23-13(9-34-35(31,32)33)17(27)21-11(3)18(28)24-8-5-7-14(24)19(29)30/h10-14H,4-9,20H2,1-3H3,(H,21,27)(H,22,25)(H,23,26)(H,29,30)(H2,31,32,33)/t10-,11-,12-,13-,14-/m0/s1. The molecule has 0 aromatic heterocycles. The minimum atomic E-state index is -5.02. The van der Waals surface area contributed by atoms with Gasteiger partial charge in [0.05, 0.1) is 12.6 Å². The van der Waals surface area contributed by atoms with E-state index in [1.54, 1.807) is 6.92 Å². The van der Waals surface area contributed by atoms with Crippen molar-refractivity contribution in [1.82, 2.24) is 20.9 Å². The van der Waals surface area contributed by atoms with Gasteiger partial charge in [-0.1, -0.05) is 13.3 Å². The molecule has 1 aliphatic heterocycles. The van der Waals surface area contributed by atoms with Gasteiger partial charge in [0.1, 0.15) is 24.2 Å². The molecule has 0 radical (unpaired) electrons. The van der Waals surface area contributed by atoms with Gasteiger partial charge in [0.15, 0.2) is 0 Å². The van der Waals surface area contributed by atoms with Gasteiger partial charge in [-0.05, 0) is 33.1 Å². The number of carbonyl (C=O) groups is 5. The van der Waals surface area contributed by atoms with E-state index in [1.165, 1.54) is 13.8 Å². The van der Waals surface area contributed by atoms with Crippen LogP contribution in [0.5, 0.6) is 0 Å². The number of hydrogen-bond donors (Lipinski definition) is 7. The number of carboxylic acid groups (broad SMARTS) is 1. The number of aliphatic carboxylic acids is 1. The summed E-state index contributed by atoms with van der Waals surface area (Å²) in [7, 11) is -5.02. The maximum atomic E-state index is 12.8. The highest BCUT2D eigenvalue weighted by atomic mass is 31.2. The summed E-state index contributed by atoms with van der Waals surface area (Å²) in [6.45, 7) is 3.71. The molecule has 4 amide bonds. The lowest BCUT2D eigenvalue weighted by Gasteiger charge is -2.27. The molecule has 0 bridgehead atoms. The molecule has 35 heavy (non-hydrogen) atoms. The predicted molar refractivity (Wildman–Crippen MR) is 120 cm³/mol. The highest BCUT2D eigenvalue weighted by Gasteiger charge is 2.37. The van der Waals surface area contributed by atoms with E-state index >= 15 is 0 Å². The number of carboxylic acids is 1. The fraction of sp³-hybridized carbons (Fsp3) is 0.737. The van der Waals surface area contributed by atoms with Crippen molar-refractivity contribution in [3.8, 4) is 0 Å². The summed E-state index contributed by atoms with van der Waals surface area (Å²) in [4.78, 5) is 80.6. The molecule has 15 nitrogen and oxygen atoms in total. The van der Waals surface area contributed by atoms with Gasteiger partial charge in [-0.3, -0.25) is 23.7 Å². The summed E-state index contributed by atoms with van der Waals surface area (Å²) in [6, 6.07) is -5.89. The van der Waals surface area contributed by atoms with Crippen molar-refractivity contribution in [2.24, 2.45) is 5.73 Å². The van der Waals surface area contributed by atoms with Crippen LogP contribution < -0.4 is 21.7 Å². The monoisotopic (exact) mass is 523 g/mol. The Balaban J connectivity index is 2.97. The second-order valence-electron chi connectivity index (χ2n) is 8.24. The van der Waals surface area contributed by atoms with E-state index in [4.69, 9.17) is 15.5 Å². The Bertz CT molecular complexity index is 848. The highest BCUT2D eigenvalue weighted by molar-refractivity contribution is 7.46. The number of rotatable bonds is 13. The Labute approximate surface area is 202 Å². The zero-order valence-corrected chi connectivity index (χ0v) is 20.7. The topological polar surface area (TPSA) is 238 Å². The molecule has 1 aliphatic rings. The van der Waals surface area contributed by atoms with Crippen molar-refractivity contribution in [3.05, 3.63) is 0 Å². The first kappa shape index (κ1) is 30.5. The molecule has 1 fully saturated rings. The number of likely N-dealkylation sites (tertiary alicyclic amines) is 1. The molecule has 1 rings (SSSR count). The third kappa shape index (κ3) is 9.90. The fourth-order valence-electron chi connectivity index (χ4n) is 3.40. The third-order valence-electron chi connectivity index (χ3n) is 5.22. The van der Waals surface area contributed by atoms with Crippen LogP contribution in [0.4, 0.5) is 0 Å². The smallest absolute Gasteiger partial charge is 0.469 e. The van der Waals surface area contributed by atoms with Crippen molar-refractivity contribution < 1.29 is 48.0 Å². The first-order chi connectivity index (χ1) is 16.2. The fourth-order valence-corrected chi connectivity index (χ4v) is 3.74. The minimum Gasteiger partial charge on any atom is -0.480 e. The average Bonchev–Trinajstić information content (AvgIpc) is 3.24. The lowest BCUT2D eigenvalue weighted by atomic mass is 10.1. The van der Waals surface area contributed by atoms with Crippen LogP contribution in [0.1, 0.15) is 46.5 Å². The molecule has 0 aliphatic carbocycles. The summed E-state index contributed by atoms with van der Waals surface area (Å²) in [6.07, 6.45) is 1.39. The van der Waals surface area contributed by atoms with Crippen LogP contribution in [0.2, 0.25) is 0 Å². The normalized spacial score (nSPS) is 19.3. The molecule has 0 aromatic rings. The second-order valence-corrected chi connectivity index (χ2v) is 9.48. The summed E-state index contributed by atoms with van der Waals surface area (Å²) < 4.78 is 15.5. The molecule has 1 saturated heterocycles. The van der Waals surface area contributed by atoms with Crippen LogP contribution in [0.15, 0.2) is 0 Å². The van der Waals surface area contributed by atoms with Gasteiger partial charge in [0, 0.05) is 6.54 Å². The number of nitrogens with two attached hydrogens (primary N) is 1. The molecule has 1 heterocycles. The van der Waals surface area contributed by atoms with E-state index in [2.05, 4.69) is 20.5 Å². The Morgan fingerprint density at radius 2 is 1.63 bits per heavy atom. The lowest BCUT2D eigenvalue weighted by Crippen LogP contribution is -2.58. The maximum absolute atomic E-state index is 12.8. The Kier molecular flexibility index (Phi) is 11.7. The summed E-state index contributed by atoms with van der Waals surface area (Å²) in [5, 5.41) is 16.3. The summed E-state index contributed by atoms with van der Waals surface area (Å²) in [5.41, 5.74) is 5.50. The van der Waals surface area contributed by atoms with Crippen molar-refractivity contribution in [1.29, 1.82) is 0 Å². The first-order valence-corrected chi connectivity index (χ1v) is 12.6. The van der Waals surface area contributed by atoms with Gasteiger partial charge in [-0.2, -0.15) is 0 Å². The summed E-state index contributed by atoms with van der Waals surface area (Å²) >= 11 is 0. The number of amides is 4. The lowest BCUT2D eigenvalue weighted by molar-refractivity contribution is -0.149. The number of phosphoric ester groups is 1. The molecule has 0 spiro atoms. The molecule has 0 saturated carbocycles. The molecule has 0 unspecified atom stereocenters. The average molecular weight is 523 g/mol. The van der Waals surface area contributed by atoms with Crippen LogP contribution in [0.25, 0.3) is 0 Å². The zero-order valence-electron chi connectivity index (χ0n) is 19.8. The van der Waals surface area contributed by atoms with E-state index in [0.29, 0.717) is 12.8 Å². The highest BCUT2D eigenvalue weighted by Crippen LogP contribution is 2.35. The molecular formula is C19H34N5O10P. The number of nitrogens with zero attached hydrogens (tertiary/aromatic N) is 1. The van der Waals surface area contributed by atoms with Gasteiger partial charge in [-0.15, -0.1) is 0 Å². The van der Waals surface area contributed by atoms with E-state index in [-0.39, 0.29) is 19.4 Å². The van der Waals surface area contributed by atoms with Crippen molar-refractivity contribution in [3.63, 3.8) is 0 Å². The SMILES string of the molecule is CCC[C@H](NC(=O)[C@H](C)N)C(=O)N[C@@H](COP(=O)(O)O)C(=O)N[C@@H](C)C(=O)N1CCC[C@H]1C(=O)O. The van der Waals surface area contributed by atoms with Crippen LogP contribution in [0, 0.1) is 0 Å². The largest absolute Gasteiger partial charge is 0.480 e. The maximum Gasteiger partial charge on any atom is 0.469 e. The first-order valence-electron chi connectivity index (χ1n) is 11.1. The predicted octanol–water partition coefficient (Wildman–Crippen LogP) is -2.21. The Morgan fingerprint density at radius 1 is 1.06 bits per heavy atom. The van der Waals surface area contributed by atoms with Gasteiger partial charge in [-0.25, -0.2) is 9.36 Å². The van der Waals surface area contributed by atoms with Crippen LogP contribution >= 0.6 is 7.82 Å². The van der Waals surface area contributed by atoms with Crippen LogP contribution in [0.3, 0.4) is 0 Å². The zero-order chi connectivity index (χ0) is 26.9. The van der Waals surface area contributed by atoms with Crippen LogP contribution in [-0.4, -0.2) is 92.8 Å². The van der Waals surface area contributed by atoms with Crippen LogP contribution in [-0.2, 0) is 33.1 Å². The molecule has 5 atom stereocenters. The molecule has 200 valence electrons. The van der Waals surface area contributed by atoms with Gasteiger partial charge < -0.3 is 41.5 Å². The van der Waals surface area contributed by atoms with E-state index in [0.717, 1.165) is 4.90 Å². The Morgan fingerprint density at radius 3 is 2.14 bits per heavy atom. The van der Waals surface area contributed by atoms with Crippen molar-refractivity contribution >= 4 is 37.4 Å². The number of nitrogens with one attached hydrogen (secondary N) is 3. The van der Waals surface area contributed by atoms with E-state index in [9.17, 15) is 33.6 Å². The molecular weight excluding hydrogens is 489 g/mol. The molecule has 16 heteroatoms. The van der Waals surface area contributed by atoms with Gasteiger partial charge in [0.25, 0.3) is 0 Å². The Hall–Kier alpha value is -2.58. The molecule has 0 aromatic carbocycles. The molecule has 8 N–H and O–H groups in total. The number of phosphoric acid groups is 1. The van der Waals surface area contributed by atoms with Gasteiger partial charge >= 0.3 is 13.8 Å². The van der Waals surface area contributed by atoms with Crippen molar-refractivity contribution in [2.45, 2.75) is 76.7 Å². The van der Waals surface area contributed by atoms with Gasteiger partial charge in [0.2, 0.25) is 23.6 Å². The minimum absolute atomic E-state index is 0.179. The van der Waals surface area contributed by atoms with Crippen molar-refractivity contribution in [2.75, 3.05) is 13.2 Å². The van der Waals surface area contributed by atoms with E-state index in [1.807, 2.05) is 0 Å².